The molecule has 6 rings (SSSR count). The Morgan fingerprint density at radius 2 is 1.88 bits per heavy atom. The smallest absolute Gasteiger partial charge is 0.264 e. The number of fused-ring (bicyclic) bond motifs is 1. The number of nitrogen functional groups attached to an aromatic ring is 1. The van der Waals surface area contributed by atoms with Gasteiger partial charge in [-0.1, -0.05) is 24.3 Å². The number of amides is 1. The van der Waals surface area contributed by atoms with Crippen LogP contribution in [-0.4, -0.2) is 53.2 Å². The van der Waals surface area contributed by atoms with E-state index < -0.39 is 0 Å². The average Bonchev–Trinajstić information content (AvgIpc) is 3.62. The quantitative estimate of drug-likeness (QED) is 0.216. The van der Waals surface area contributed by atoms with Crippen LogP contribution in [0.2, 0.25) is 0 Å². The van der Waals surface area contributed by atoms with Crippen molar-refractivity contribution in [2.75, 3.05) is 18.8 Å². The molecule has 0 aliphatic carbocycles. The summed E-state index contributed by atoms with van der Waals surface area (Å²) in [6.07, 6.45) is 8.42. The lowest BCUT2D eigenvalue weighted by atomic mass is 10.00. The van der Waals surface area contributed by atoms with E-state index in [-0.39, 0.29) is 17.5 Å². The number of carbonyl (C=O) groups is 1. The molecule has 0 unspecified atom stereocenters. The van der Waals surface area contributed by atoms with Crippen LogP contribution < -0.4 is 10.5 Å². The number of benzene rings is 1. The van der Waals surface area contributed by atoms with Gasteiger partial charge in [0, 0.05) is 49.2 Å². The predicted octanol–water partition coefficient (Wildman–Crippen LogP) is 5.21. The van der Waals surface area contributed by atoms with Gasteiger partial charge in [0.05, 0.1) is 23.3 Å². The highest BCUT2D eigenvalue weighted by Gasteiger charge is 2.27. The molecule has 0 atom stereocenters. The Kier molecular flexibility index (Phi) is 7.34. The Morgan fingerprint density at radius 1 is 1.12 bits per heavy atom. The number of nitrogens with zero attached hydrogens (tertiary/aromatic N) is 8. The standard InChI is InChI=1S/C32H31N9O2/c1-4-21(16-33)32(42)40-14-12-24(13-15-40)41-18-23(17-37-41)29-27(28-30(34)35-19-36-31(28)39(29)3)22-8-10-25(11-9-22)43-26-7-5-6-20(2)38-26/h4-11,17-19,24H,12-15H2,1-3H3,(H2,34,35,36)/b21-4+. The second-order valence-electron chi connectivity index (χ2n) is 10.5. The molecule has 0 saturated carbocycles. The molecule has 11 heteroatoms. The normalized spacial score (nSPS) is 14.2. The van der Waals surface area contributed by atoms with Gasteiger partial charge in [-0.05, 0) is 50.5 Å². The van der Waals surface area contributed by atoms with E-state index in [1.54, 1.807) is 17.9 Å². The third kappa shape index (κ3) is 5.19. The Balaban J connectivity index is 1.32. The first-order valence-corrected chi connectivity index (χ1v) is 14.1. The number of carbonyl (C=O) groups excluding carboxylic acids is 1. The number of hydrogen-bond donors (Lipinski definition) is 1. The van der Waals surface area contributed by atoms with Gasteiger partial charge in [0.1, 0.15) is 35.2 Å². The molecule has 43 heavy (non-hydrogen) atoms. The summed E-state index contributed by atoms with van der Waals surface area (Å²) >= 11 is 0. The van der Waals surface area contributed by atoms with Gasteiger partial charge in [0.15, 0.2) is 0 Å². The lowest BCUT2D eigenvalue weighted by Gasteiger charge is -2.31. The molecule has 0 spiro atoms. The number of aromatic nitrogens is 6. The van der Waals surface area contributed by atoms with E-state index in [4.69, 9.17) is 15.6 Å². The summed E-state index contributed by atoms with van der Waals surface area (Å²) in [4.78, 5) is 27.6. The molecule has 1 amide bonds. The minimum absolute atomic E-state index is 0.128. The predicted molar refractivity (Wildman–Crippen MR) is 163 cm³/mol. The fourth-order valence-electron chi connectivity index (χ4n) is 5.68. The van der Waals surface area contributed by atoms with Gasteiger partial charge in [-0.2, -0.15) is 10.4 Å². The van der Waals surface area contributed by atoms with Gasteiger partial charge in [0.2, 0.25) is 5.88 Å². The molecular formula is C32H31N9O2. The van der Waals surface area contributed by atoms with Crippen LogP contribution in [0.1, 0.15) is 31.5 Å². The van der Waals surface area contributed by atoms with Gasteiger partial charge in [-0.3, -0.25) is 9.48 Å². The zero-order valence-corrected chi connectivity index (χ0v) is 24.2. The van der Waals surface area contributed by atoms with Gasteiger partial charge in [-0.25, -0.2) is 15.0 Å². The van der Waals surface area contributed by atoms with Crippen molar-refractivity contribution in [3.05, 3.63) is 78.5 Å². The van der Waals surface area contributed by atoms with E-state index >= 15 is 0 Å². The van der Waals surface area contributed by atoms with E-state index in [1.165, 1.54) is 6.33 Å². The summed E-state index contributed by atoms with van der Waals surface area (Å²) in [5.41, 5.74) is 11.9. The molecule has 1 aromatic carbocycles. The fourth-order valence-corrected chi connectivity index (χ4v) is 5.68. The van der Waals surface area contributed by atoms with Crippen LogP contribution in [0.3, 0.4) is 0 Å². The van der Waals surface area contributed by atoms with Crippen molar-refractivity contribution in [3.8, 4) is 40.1 Å². The van der Waals surface area contributed by atoms with Gasteiger partial charge < -0.3 is 19.9 Å². The molecule has 1 fully saturated rings. The number of nitrogens with two attached hydrogens (primary N) is 1. The van der Waals surface area contributed by atoms with E-state index in [1.807, 2.05) is 84.1 Å². The monoisotopic (exact) mass is 573 g/mol. The van der Waals surface area contributed by atoms with Crippen molar-refractivity contribution in [3.63, 3.8) is 0 Å². The SMILES string of the molecule is C/C=C(\C#N)C(=O)N1CCC(n2cc(-c3c(-c4ccc(Oc5cccc(C)n5)cc4)c4c(N)ncnc4n3C)cn2)CC1. The Bertz CT molecular complexity index is 1890. The summed E-state index contributed by atoms with van der Waals surface area (Å²) in [7, 11) is 1.96. The van der Waals surface area contributed by atoms with E-state index in [0.717, 1.165) is 52.0 Å². The van der Waals surface area contributed by atoms with Crippen molar-refractivity contribution < 1.29 is 9.53 Å². The molecule has 4 aromatic heterocycles. The summed E-state index contributed by atoms with van der Waals surface area (Å²) in [5.74, 6) is 1.39. The minimum atomic E-state index is -0.213. The maximum atomic E-state index is 12.6. The van der Waals surface area contributed by atoms with Crippen LogP contribution in [0.25, 0.3) is 33.4 Å². The zero-order chi connectivity index (χ0) is 30.1. The molecule has 1 aliphatic rings. The Morgan fingerprint density at radius 3 is 2.58 bits per heavy atom. The number of allylic oxidation sites excluding steroid dienone is 1. The first-order chi connectivity index (χ1) is 20.9. The van der Waals surface area contributed by atoms with E-state index in [2.05, 4.69) is 15.0 Å². The highest BCUT2D eigenvalue weighted by molar-refractivity contribution is 6.07. The molecule has 5 heterocycles. The maximum absolute atomic E-state index is 12.6. The van der Waals surface area contributed by atoms with Crippen molar-refractivity contribution in [1.82, 2.24) is 34.2 Å². The van der Waals surface area contributed by atoms with E-state index in [0.29, 0.717) is 30.5 Å². The molecule has 216 valence electrons. The Labute approximate surface area is 248 Å². The van der Waals surface area contributed by atoms with E-state index in [9.17, 15) is 10.1 Å². The summed E-state index contributed by atoms with van der Waals surface area (Å²) in [5, 5.41) is 14.7. The summed E-state index contributed by atoms with van der Waals surface area (Å²) in [6, 6.07) is 15.6. The number of piperidine rings is 1. The third-order valence-corrected chi connectivity index (χ3v) is 7.86. The molecule has 1 saturated heterocycles. The topological polar surface area (TPSA) is 141 Å². The minimum Gasteiger partial charge on any atom is -0.439 e. The van der Waals surface area contributed by atoms with Crippen LogP contribution in [0.15, 0.2) is 72.8 Å². The number of aryl methyl sites for hydroxylation is 2. The largest absolute Gasteiger partial charge is 0.439 e. The second kappa shape index (κ2) is 11.4. The molecular weight excluding hydrogens is 542 g/mol. The van der Waals surface area contributed by atoms with Crippen LogP contribution >= 0.6 is 0 Å². The van der Waals surface area contributed by atoms with Gasteiger partial charge >= 0.3 is 0 Å². The number of rotatable bonds is 6. The van der Waals surface area contributed by atoms with Crippen molar-refractivity contribution >= 4 is 22.8 Å². The molecule has 11 nitrogen and oxygen atoms in total. The first-order valence-electron chi connectivity index (χ1n) is 14.1. The first kappa shape index (κ1) is 27.7. The summed E-state index contributed by atoms with van der Waals surface area (Å²) in [6.45, 7) is 4.76. The Hall–Kier alpha value is -5.50. The fraction of sp³-hybridized carbons (Fsp3) is 0.250. The van der Waals surface area contributed by atoms with Gasteiger partial charge in [-0.15, -0.1) is 0 Å². The highest BCUT2D eigenvalue weighted by Crippen LogP contribution is 2.42. The average molecular weight is 574 g/mol. The second-order valence-corrected chi connectivity index (χ2v) is 10.5. The van der Waals surface area contributed by atoms with Crippen LogP contribution in [0.5, 0.6) is 11.6 Å². The lowest BCUT2D eigenvalue weighted by Crippen LogP contribution is -2.39. The van der Waals surface area contributed by atoms with Gasteiger partial charge in [0.25, 0.3) is 5.91 Å². The number of ether oxygens (including phenoxy) is 1. The van der Waals surface area contributed by atoms with Crippen LogP contribution in [0.4, 0.5) is 5.82 Å². The molecule has 0 radical (unpaired) electrons. The highest BCUT2D eigenvalue weighted by atomic mass is 16.5. The van der Waals surface area contributed by atoms with Crippen molar-refractivity contribution in [2.24, 2.45) is 7.05 Å². The number of likely N-dealkylation sites (tertiary alicyclic amines) is 1. The number of anilines is 1. The van der Waals surface area contributed by atoms with Crippen molar-refractivity contribution in [2.45, 2.75) is 32.7 Å². The summed E-state index contributed by atoms with van der Waals surface area (Å²) < 4.78 is 9.97. The molecule has 5 aromatic rings. The van der Waals surface area contributed by atoms with Crippen molar-refractivity contribution in [1.29, 1.82) is 5.26 Å². The maximum Gasteiger partial charge on any atom is 0.264 e. The number of hydrogen-bond acceptors (Lipinski definition) is 8. The lowest BCUT2D eigenvalue weighted by molar-refractivity contribution is -0.128. The third-order valence-electron chi connectivity index (χ3n) is 7.86. The molecule has 0 bridgehead atoms. The molecule has 2 N–H and O–H groups in total. The molecule has 1 aliphatic heterocycles. The number of pyridine rings is 1. The van der Waals surface area contributed by atoms with Crippen LogP contribution in [-0.2, 0) is 11.8 Å². The zero-order valence-electron chi connectivity index (χ0n) is 24.2. The number of nitriles is 1. The van der Waals surface area contributed by atoms with Crippen LogP contribution in [0, 0.1) is 18.3 Å².